The number of carbonyl (C=O) groups excluding carboxylic acids is 2. The molecule has 1 aliphatic rings. The molecule has 2 aromatic rings. The molecule has 2 heterocycles. The van der Waals surface area contributed by atoms with Gasteiger partial charge in [0.1, 0.15) is 4.21 Å². The molecule has 1 aromatic heterocycles. The van der Waals surface area contributed by atoms with E-state index in [4.69, 9.17) is 0 Å². The minimum absolute atomic E-state index is 0.0502. The van der Waals surface area contributed by atoms with Gasteiger partial charge in [0.15, 0.2) is 0 Å². The summed E-state index contributed by atoms with van der Waals surface area (Å²) in [5, 5.41) is 1.67. The summed E-state index contributed by atoms with van der Waals surface area (Å²) >= 11 is 1.10. The number of hydrogen-bond donors (Lipinski definition) is 1. The normalized spacial score (nSPS) is 15.0. The highest BCUT2D eigenvalue weighted by atomic mass is 32.2. The largest absolute Gasteiger partial charge is 0.338 e. The van der Waals surface area contributed by atoms with Crippen molar-refractivity contribution >= 4 is 33.2 Å². The molecule has 1 N–H and O–H groups in total. The molecule has 0 spiro atoms. The lowest BCUT2D eigenvalue weighted by Crippen LogP contribution is -2.52. The van der Waals surface area contributed by atoms with Crippen molar-refractivity contribution in [1.82, 2.24) is 14.5 Å². The first-order valence-corrected chi connectivity index (χ1v) is 11.8. The van der Waals surface area contributed by atoms with E-state index in [2.05, 4.69) is 18.6 Å². The Morgan fingerprint density at radius 3 is 2.21 bits per heavy atom. The Labute approximate surface area is 175 Å². The summed E-state index contributed by atoms with van der Waals surface area (Å²) in [6.07, 6.45) is 0. The van der Waals surface area contributed by atoms with Gasteiger partial charge in [-0.3, -0.25) is 9.59 Å². The van der Waals surface area contributed by atoms with E-state index in [1.165, 1.54) is 11.6 Å². The molecular weight excluding hydrogens is 410 g/mol. The average Bonchev–Trinajstić information content (AvgIpc) is 3.28. The summed E-state index contributed by atoms with van der Waals surface area (Å²) in [5.41, 5.74) is 1.82. The van der Waals surface area contributed by atoms with Crippen molar-refractivity contribution in [2.24, 2.45) is 0 Å². The van der Waals surface area contributed by atoms with Crippen LogP contribution in [0.4, 0.5) is 0 Å². The van der Waals surface area contributed by atoms with Crippen molar-refractivity contribution in [2.45, 2.75) is 24.0 Å². The molecule has 1 saturated heterocycles. The Balaban J connectivity index is 1.50. The second-order valence-electron chi connectivity index (χ2n) is 7.21. The van der Waals surface area contributed by atoms with E-state index in [-0.39, 0.29) is 22.6 Å². The van der Waals surface area contributed by atoms with Gasteiger partial charge in [0.05, 0.1) is 6.54 Å². The molecule has 1 aromatic carbocycles. The maximum absolute atomic E-state index is 12.7. The number of amides is 2. The lowest BCUT2D eigenvalue weighted by Gasteiger charge is -2.35. The zero-order chi connectivity index (χ0) is 21.0. The minimum atomic E-state index is -3.66. The Morgan fingerprint density at radius 2 is 1.66 bits per heavy atom. The molecule has 1 aliphatic heterocycles. The fourth-order valence-electron chi connectivity index (χ4n) is 3.11. The molecular formula is C20H25N3O4S2. The number of carbonyl (C=O) groups is 2. The van der Waals surface area contributed by atoms with Crippen molar-refractivity contribution in [2.75, 3.05) is 32.7 Å². The molecule has 3 rings (SSSR count). The third kappa shape index (κ3) is 5.23. The van der Waals surface area contributed by atoms with Crippen LogP contribution in [0.5, 0.6) is 0 Å². The first kappa shape index (κ1) is 21.5. The topological polar surface area (TPSA) is 86.8 Å². The van der Waals surface area contributed by atoms with Crippen LogP contribution in [0.15, 0.2) is 46.0 Å². The standard InChI is InChI=1S/C20H25N3O4S2/c1-15(2)16-5-7-17(8-6-16)20(25)23-11-9-22(10-12-23)18(24)14-21-29(26,27)19-4-3-13-28-19/h3-8,13,15,21H,9-12,14H2,1-2H3. The summed E-state index contributed by atoms with van der Waals surface area (Å²) in [6.45, 7) is 5.54. The van der Waals surface area contributed by atoms with Gasteiger partial charge in [-0.1, -0.05) is 32.0 Å². The van der Waals surface area contributed by atoms with Crippen LogP contribution in [0.3, 0.4) is 0 Å². The van der Waals surface area contributed by atoms with E-state index in [0.717, 1.165) is 11.3 Å². The van der Waals surface area contributed by atoms with Gasteiger partial charge < -0.3 is 9.80 Å². The first-order chi connectivity index (χ1) is 13.8. The number of piperazine rings is 1. The lowest BCUT2D eigenvalue weighted by molar-refractivity contribution is -0.131. The molecule has 7 nitrogen and oxygen atoms in total. The maximum atomic E-state index is 12.7. The highest BCUT2D eigenvalue weighted by molar-refractivity contribution is 7.91. The Bertz CT molecular complexity index is 946. The Kier molecular flexibility index (Phi) is 6.71. The van der Waals surface area contributed by atoms with Gasteiger partial charge >= 0.3 is 0 Å². The number of thiophene rings is 1. The number of rotatable bonds is 6. The van der Waals surface area contributed by atoms with Gasteiger partial charge in [0.25, 0.3) is 15.9 Å². The Morgan fingerprint density at radius 1 is 1.03 bits per heavy atom. The van der Waals surface area contributed by atoms with Gasteiger partial charge in [-0.25, -0.2) is 13.1 Å². The smallest absolute Gasteiger partial charge is 0.253 e. The third-order valence-corrected chi connectivity index (χ3v) is 7.72. The van der Waals surface area contributed by atoms with Crippen LogP contribution in [0.2, 0.25) is 0 Å². The van der Waals surface area contributed by atoms with Crippen LogP contribution in [0, 0.1) is 0 Å². The predicted octanol–water partition coefficient (Wildman–Crippen LogP) is 2.13. The zero-order valence-electron chi connectivity index (χ0n) is 16.5. The highest BCUT2D eigenvalue weighted by Gasteiger charge is 2.26. The SMILES string of the molecule is CC(C)c1ccc(C(=O)N2CCN(C(=O)CNS(=O)(=O)c3cccs3)CC2)cc1. The Hall–Kier alpha value is -2.23. The van der Waals surface area contributed by atoms with E-state index in [9.17, 15) is 18.0 Å². The van der Waals surface area contributed by atoms with Crippen molar-refractivity contribution in [3.05, 3.63) is 52.9 Å². The zero-order valence-corrected chi connectivity index (χ0v) is 18.1. The summed E-state index contributed by atoms with van der Waals surface area (Å²) < 4.78 is 26.8. The molecule has 2 amide bonds. The minimum Gasteiger partial charge on any atom is -0.338 e. The number of benzene rings is 1. The van der Waals surface area contributed by atoms with Crippen molar-refractivity contribution in [3.63, 3.8) is 0 Å². The van der Waals surface area contributed by atoms with E-state index in [0.29, 0.717) is 37.7 Å². The highest BCUT2D eigenvalue weighted by Crippen LogP contribution is 2.17. The second kappa shape index (κ2) is 9.06. The molecule has 0 aliphatic carbocycles. The molecule has 0 radical (unpaired) electrons. The molecule has 156 valence electrons. The first-order valence-electron chi connectivity index (χ1n) is 9.48. The third-order valence-electron chi connectivity index (χ3n) is 4.92. The summed E-state index contributed by atoms with van der Waals surface area (Å²) in [7, 11) is -3.66. The number of nitrogens with zero attached hydrogens (tertiary/aromatic N) is 2. The number of hydrogen-bond acceptors (Lipinski definition) is 5. The van der Waals surface area contributed by atoms with Crippen molar-refractivity contribution < 1.29 is 18.0 Å². The van der Waals surface area contributed by atoms with Crippen LogP contribution in [0.1, 0.15) is 35.7 Å². The monoisotopic (exact) mass is 435 g/mol. The molecule has 0 unspecified atom stereocenters. The van der Waals surface area contributed by atoms with Crippen molar-refractivity contribution in [1.29, 1.82) is 0 Å². The quantitative estimate of drug-likeness (QED) is 0.753. The van der Waals surface area contributed by atoms with Crippen LogP contribution < -0.4 is 4.72 Å². The molecule has 9 heteroatoms. The molecule has 0 atom stereocenters. The van der Waals surface area contributed by atoms with Crippen LogP contribution >= 0.6 is 11.3 Å². The van der Waals surface area contributed by atoms with Gasteiger partial charge in [0, 0.05) is 31.7 Å². The van der Waals surface area contributed by atoms with Gasteiger partial charge in [-0.15, -0.1) is 11.3 Å². The van der Waals surface area contributed by atoms with E-state index < -0.39 is 10.0 Å². The van der Waals surface area contributed by atoms with E-state index >= 15 is 0 Å². The van der Waals surface area contributed by atoms with E-state index in [1.807, 2.05) is 24.3 Å². The average molecular weight is 436 g/mol. The van der Waals surface area contributed by atoms with Gasteiger partial charge in [-0.2, -0.15) is 0 Å². The van der Waals surface area contributed by atoms with Gasteiger partial charge in [-0.05, 0) is 35.1 Å². The fourth-order valence-corrected chi connectivity index (χ4v) is 5.12. The summed E-state index contributed by atoms with van der Waals surface area (Å²) in [5.74, 6) is 0.0651. The van der Waals surface area contributed by atoms with Crippen LogP contribution in [-0.2, 0) is 14.8 Å². The van der Waals surface area contributed by atoms with E-state index in [1.54, 1.807) is 21.2 Å². The second-order valence-corrected chi connectivity index (χ2v) is 10.1. The molecule has 0 saturated carbocycles. The van der Waals surface area contributed by atoms with Crippen LogP contribution in [0.25, 0.3) is 0 Å². The van der Waals surface area contributed by atoms with Gasteiger partial charge in [0.2, 0.25) is 5.91 Å². The number of sulfonamides is 1. The molecule has 0 bridgehead atoms. The predicted molar refractivity (Wildman–Crippen MR) is 113 cm³/mol. The lowest BCUT2D eigenvalue weighted by atomic mass is 10.0. The van der Waals surface area contributed by atoms with Crippen LogP contribution in [-0.4, -0.2) is 62.8 Å². The number of nitrogens with one attached hydrogen (secondary N) is 1. The maximum Gasteiger partial charge on any atom is 0.253 e. The summed E-state index contributed by atoms with van der Waals surface area (Å²) in [6, 6.07) is 10.8. The van der Waals surface area contributed by atoms with Crippen molar-refractivity contribution in [3.8, 4) is 0 Å². The summed E-state index contributed by atoms with van der Waals surface area (Å²) in [4.78, 5) is 28.4. The fraction of sp³-hybridized carbons (Fsp3) is 0.400. The molecule has 1 fully saturated rings. The molecule has 29 heavy (non-hydrogen) atoms.